The highest BCUT2D eigenvalue weighted by Crippen LogP contribution is 2.41. The zero-order valence-electron chi connectivity index (χ0n) is 19.5. The molecule has 0 heterocycles. The fourth-order valence-electron chi connectivity index (χ4n) is 5.12. The molecule has 1 aromatic carbocycles. The molecule has 2 aliphatic rings. The van der Waals surface area contributed by atoms with Crippen LogP contribution in [0.5, 0.6) is 0 Å². The van der Waals surface area contributed by atoms with E-state index in [9.17, 15) is 15.3 Å². The van der Waals surface area contributed by atoms with E-state index in [0.717, 1.165) is 36.8 Å². The minimum atomic E-state index is -0.635. The maximum atomic E-state index is 10.1. The lowest BCUT2D eigenvalue weighted by atomic mass is 9.73. The predicted molar refractivity (Wildman–Crippen MR) is 128 cm³/mol. The van der Waals surface area contributed by atoms with Gasteiger partial charge in [0, 0.05) is 6.42 Å². The third kappa shape index (κ3) is 6.65. The molecule has 31 heavy (non-hydrogen) atoms. The van der Waals surface area contributed by atoms with E-state index in [1.165, 1.54) is 29.5 Å². The summed E-state index contributed by atoms with van der Waals surface area (Å²) in [6, 6.07) is 9.00. The van der Waals surface area contributed by atoms with E-state index in [0.29, 0.717) is 24.7 Å². The van der Waals surface area contributed by atoms with Gasteiger partial charge in [-0.3, -0.25) is 0 Å². The lowest BCUT2D eigenvalue weighted by Crippen LogP contribution is -2.26. The third-order valence-corrected chi connectivity index (χ3v) is 7.07. The molecule has 3 N–H and O–H groups in total. The van der Waals surface area contributed by atoms with Crippen LogP contribution in [0.15, 0.2) is 59.7 Å². The molecule has 170 valence electrons. The average Bonchev–Trinajstić information content (AvgIpc) is 2.70. The molecule has 2 saturated carbocycles. The van der Waals surface area contributed by atoms with Gasteiger partial charge in [0.1, 0.15) is 0 Å². The summed E-state index contributed by atoms with van der Waals surface area (Å²) in [6.45, 7) is 10.1. The van der Waals surface area contributed by atoms with E-state index >= 15 is 0 Å². The second kappa shape index (κ2) is 10.3. The van der Waals surface area contributed by atoms with Gasteiger partial charge in [0.25, 0.3) is 0 Å². The first-order valence-electron chi connectivity index (χ1n) is 11.9. The van der Waals surface area contributed by atoms with Crippen molar-refractivity contribution in [3.8, 4) is 0 Å². The predicted octanol–water partition coefficient (Wildman–Crippen LogP) is 5.61. The van der Waals surface area contributed by atoms with Gasteiger partial charge in [-0.25, -0.2) is 0 Å². The first-order chi connectivity index (χ1) is 14.6. The van der Waals surface area contributed by atoms with E-state index in [-0.39, 0.29) is 0 Å². The average molecular weight is 425 g/mol. The maximum absolute atomic E-state index is 10.1. The lowest BCUT2D eigenvalue weighted by molar-refractivity contribution is 0.0689. The molecular formula is C28H40O3. The molecule has 0 bridgehead atoms. The van der Waals surface area contributed by atoms with Crippen molar-refractivity contribution in [1.29, 1.82) is 0 Å². The van der Waals surface area contributed by atoms with Gasteiger partial charge in [0.2, 0.25) is 0 Å². The maximum Gasteiger partial charge on any atom is 0.0811 e. The van der Waals surface area contributed by atoms with Crippen molar-refractivity contribution in [1.82, 2.24) is 0 Å². The highest BCUT2D eigenvalue weighted by atomic mass is 16.3. The van der Waals surface area contributed by atoms with Gasteiger partial charge in [-0.1, -0.05) is 55.5 Å². The van der Waals surface area contributed by atoms with Crippen LogP contribution in [0.1, 0.15) is 82.8 Å². The van der Waals surface area contributed by atoms with Crippen LogP contribution in [0.3, 0.4) is 0 Å². The Bertz CT molecular complexity index is 827. The summed E-state index contributed by atoms with van der Waals surface area (Å²) in [6.07, 6.45) is 10.4. The van der Waals surface area contributed by atoms with Crippen molar-refractivity contribution >= 4 is 0 Å². The van der Waals surface area contributed by atoms with Crippen molar-refractivity contribution in [2.75, 3.05) is 0 Å². The van der Waals surface area contributed by atoms with Crippen molar-refractivity contribution in [2.24, 2.45) is 5.92 Å². The number of aliphatic hydroxyl groups is 3. The SMILES string of the molecule is C=C1/C(=C\C=C2/CCC[C@H](c3cccc(CCCC(C)(C)O)c3)[C@H]2C)C[C@@H](O)C[C@@H]1O. The first kappa shape index (κ1) is 24.0. The summed E-state index contributed by atoms with van der Waals surface area (Å²) in [4.78, 5) is 0. The Morgan fingerprint density at radius 1 is 1.19 bits per heavy atom. The van der Waals surface area contributed by atoms with Crippen LogP contribution in [0.2, 0.25) is 0 Å². The standard InChI is InChI=1S/C28H40O3/c1-19-22(13-14-23-17-25(29)18-27(30)20(23)2)10-6-12-26(19)24-11-5-8-21(16-24)9-7-15-28(3,4)31/h5,8,11,13-14,16,19,25-27,29-31H,2,6-7,9-10,12,15,17-18H2,1,3-4H3/b22-13+,23-14-/t19-,25+,26-,27-/m0/s1. The van der Waals surface area contributed by atoms with E-state index in [1.807, 2.05) is 13.8 Å². The molecule has 0 aliphatic heterocycles. The van der Waals surface area contributed by atoms with Crippen molar-refractivity contribution in [3.05, 3.63) is 70.8 Å². The van der Waals surface area contributed by atoms with Crippen LogP contribution in [0.25, 0.3) is 0 Å². The van der Waals surface area contributed by atoms with Crippen LogP contribution in [-0.4, -0.2) is 33.1 Å². The quantitative estimate of drug-likeness (QED) is 0.556. The van der Waals surface area contributed by atoms with Gasteiger partial charge in [0.15, 0.2) is 0 Å². The lowest BCUT2D eigenvalue weighted by Gasteiger charge is -2.32. The Morgan fingerprint density at radius 2 is 1.97 bits per heavy atom. The summed E-state index contributed by atoms with van der Waals surface area (Å²) in [5.41, 5.74) is 5.34. The Morgan fingerprint density at radius 3 is 2.71 bits per heavy atom. The minimum absolute atomic E-state index is 0.386. The molecule has 0 spiro atoms. The fourth-order valence-corrected chi connectivity index (χ4v) is 5.12. The van der Waals surface area contributed by atoms with Gasteiger partial charge in [-0.15, -0.1) is 0 Å². The van der Waals surface area contributed by atoms with Crippen LogP contribution in [0, 0.1) is 5.92 Å². The summed E-state index contributed by atoms with van der Waals surface area (Å²) >= 11 is 0. The molecule has 2 fully saturated rings. The molecule has 0 saturated heterocycles. The summed E-state index contributed by atoms with van der Waals surface area (Å²) in [5.74, 6) is 0.974. The number of rotatable bonds is 6. The van der Waals surface area contributed by atoms with E-state index < -0.39 is 17.8 Å². The number of aliphatic hydroxyl groups excluding tert-OH is 2. The Kier molecular flexibility index (Phi) is 7.96. The smallest absolute Gasteiger partial charge is 0.0811 e. The molecule has 3 nitrogen and oxygen atoms in total. The second-order valence-corrected chi connectivity index (χ2v) is 10.3. The molecule has 2 aliphatic carbocycles. The topological polar surface area (TPSA) is 60.7 Å². The zero-order valence-corrected chi connectivity index (χ0v) is 19.5. The molecular weight excluding hydrogens is 384 g/mol. The largest absolute Gasteiger partial charge is 0.393 e. The second-order valence-electron chi connectivity index (χ2n) is 10.3. The molecule has 0 amide bonds. The first-order valence-corrected chi connectivity index (χ1v) is 11.9. The Labute approximate surface area is 188 Å². The summed E-state index contributed by atoms with van der Waals surface area (Å²) in [7, 11) is 0. The molecule has 3 heteroatoms. The molecule has 0 unspecified atom stereocenters. The van der Waals surface area contributed by atoms with Crippen LogP contribution in [0.4, 0.5) is 0 Å². The molecule has 3 rings (SSSR count). The molecule has 1 aromatic rings. The zero-order chi connectivity index (χ0) is 22.6. The minimum Gasteiger partial charge on any atom is -0.393 e. The van der Waals surface area contributed by atoms with Gasteiger partial charge < -0.3 is 15.3 Å². The molecule has 0 aromatic heterocycles. The number of allylic oxidation sites excluding steroid dienone is 3. The van der Waals surface area contributed by atoms with Crippen molar-refractivity contribution in [2.45, 2.75) is 95.9 Å². The summed E-state index contributed by atoms with van der Waals surface area (Å²) in [5, 5.41) is 30.1. The van der Waals surface area contributed by atoms with Crippen LogP contribution >= 0.6 is 0 Å². The van der Waals surface area contributed by atoms with E-state index in [2.05, 4.69) is 49.9 Å². The highest BCUT2D eigenvalue weighted by Gasteiger charge is 2.28. The van der Waals surface area contributed by atoms with E-state index in [1.54, 1.807) is 0 Å². The van der Waals surface area contributed by atoms with Gasteiger partial charge in [-0.2, -0.15) is 0 Å². The third-order valence-electron chi connectivity index (χ3n) is 7.07. The van der Waals surface area contributed by atoms with Crippen molar-refractivity contribution in [3.63, 3.8) is 0 Å². The fraction of sp³-hybridized carbons (Fsp3) is 0.571. The molecule has 0 radical (unpaired) electrons. The number of benzene rings is 1. The molecule has 4 atom stereocenters. The Balaban J connectivity index is 1.71. The summed E-state index contributed by atoms with van der Waals surface area (Å²) < 4.78 is 0. The van der Waals surface area contributed by atoms with Gasteiger partial charge in [-0.05, 0) is 92.9 Å². The number of aryl methyl sites for hydroxylation is 1. The van der Waals surface area contributed by atoms with Gasteiger partial charge >= 0.3 is 0 Å². The Hall–Kier alpha value is -1.68. The van der Waals surface area contributed by atoms with Crippen LogP contribution in [-0.2, 0) is 6.42 Å². The van der Waals surface area contributed by atoms with Crippen molar-refractivity contribution < 1.29 is 15.3 Å². The number of hydrogen-bond acceptors (Lipinski definition) is 3. The van der Waals surface area contributed by atoms with Crippen LogP contribution < -0.4 is 0 Å². The van der Waals surface area contributed by atoms with Gasteiger partial charge in [0.05, 0.1) is 17.8 Å². The highest BCUT2D eigenvalue weighted by molar-refractivity contribution is 5.39. The monoisotopic (exact) mass is 424 g/mol. The number of hydrogen-bond donors (Lipinski definition) is 3. The van der Waals surface area contributed by atoms with E-state index in [4.69, 9.17) is 0 Å². The normalized spacial score (nSPS) is 30.2.